The molecule has 2 aromatic carbocycles. The molecule has 1 aliphatic heterocycles. The lowest BCUT2D eigenvalue weighted by Gasteiger charge is -2.31. The predicted molar refractivity (Wildman–Crippen MR) is 104 cm³/mol. The Morgan fingerprint density at radius 3 is 2.58 bits per heavy atom. The van der Waals surface area contributed by atoms with Crippen molar-refractivity contribution in [3.63, 3.8) is 0 Å². The van der Waals surface area contributed by atoms with Crippen molar-refractivity contribution in [1.82, 2.24) is 0 Å². The number of anilines is 2. The molecule has 0 fully saturated rings. The molecule has 0 bridgehead atoms. The minimum absolute atomic E-state index is 0.0209. The van der Waals surface area contributed by atoms with Crippen LogP contribution in [0.2, 0.25) is 0 Å². The van der Waals surface area contributed by atoms with Gasteiger partial charge in [0, 0.05) is 18.7 Å². The molecule has 5 nitrogen and oxygen atoms in total. The Bertz CT molecular complexity index is 905. The minimum atomic E-state index is -3.59. The van der Waals surface area contributed by atoms with Crippen LogP contribution in [0.15, 0.2) is 47.4 Å². The third-order valence-corrected chi connectivity index (χ3v) is 6.35. The largest absolute Gasteiger partial charge is 0.326 e. The molecule has 1 heterocycles. The van der Waals surface area contributed by atoms with Crippen LogP contribution in [0.5, 0.6) is 0 Å². The summed E-state index contributed by atoms with van der Waals surface area (Å²) in [5, 5.41) is 2.88. The molecule has 0 atom stereocenters. The van der Waals surface area contributed by atoms with Crippen LogP contribution in [-0.4, -0.2) is 20.9 Å². The van der Waals surface area contributed by atoms with Gasteiger partial charge in [0.25, 0.3) is 10.0 Å². The smallest absolute Gasteiger partial charge is 0.264 e. The lowest BCUT2D eigenvalue weighted by atomic mass is 10.0. The summed E-state index contributed by atoms with van der Waals surface area (Å²) in [6.45, 7) is 4.35. The maximum atomic E-state index is 13.1. The molecular formula is C20H24N2O3S. The molecule has 138 valence electrons. The van der Waals surface area contributed by atoms with Crippen LogP contribution in [0.4, 0.5) is 11.4 Å². The summed E-state index contributed by atoms with van der Waals surface area (Å²) in [6.07, 6.45) is 2.82. The number of carbonyl (C=O) groups is 1. The van der Waals surface area contributed by atoms with E-state index in [4.69, 9.17) is 0 Å². The van der Waals surface area contributed by atoms with Gasteiger partial charge < -0.3 is 5.32 Å². The predicted octanol–water partition coefficient (Wildman–Crippen LogP) is 3.88. The van der Waals surface area contributed by atoms with Crippen molar-refractivity contribution in [2.45, 2.75) is 44.4 Å². The molecule has 0 saturated heterocycles. The van der Waals surface area contributed by atoms with E-state index in [0.29, 0.717) is 23.5 Å². The summed E-state index contributed by atoms with van der Waals surface area (Å²) in [6, 6.07) is 12.4. The highest BCUT2D eigenvalue weighted by atomic mass is 32.2. The van der Waals surface area contributed by atoms with E-state index in [2.05, 4.69) is 5.32 Å². The second kappa shape index (κ2) is 7.50. The summed E-state index contributed by atoms with van der Waals surface area (Å²) in [5.74, 6) is -0.0209. The first-order chi connectivity index (χ1) is 12.4. The van der Waals surface area contributed by atoms with E-state index in [0.717, 1.165) is 36.1 Å². The average molecular weight is 372 g/mol. The number of nitrogens with one attached hydrogen (secondary N) is 1. The number of fused-ring (bicyclic) bond motifs is 1. The van der Waals surface area contributed by atoms with Crippen LogP contribution in [-0.2, 0) is 21.2 Å². The average Bonchev–Trinajstić information content (AvgIpc) is 2.61. The fourth-order valence-corrected chi connectivity index (χ4v) is 4.72. The molecule has 1 aliphatic rings. The zero-order valence-corrected chi connectivity index (χ0v) is 16.0. The highest BCUT2D eigenvalue weighted by Gasteiger charge is 2.29. The molecule has 0 unspecified atom stereocenters. The van der Waals surface area contributed by atoms with Crippen LogP contribution in [0.1, 0.15) is 37.3 Å². The van der Waals surface area contributed by atoms with E-state index in [1.54, 1.807) is 24.3 Å². The van der Waals surface area contributed by atoms with Gasteiger partial charge in [0.1, 0.15) is 0 Å². The fraction of sp³-hybridized carbons (Fsp3) is 0.350. The molecule has 3 rings (SSSR count). The van der Waals surface area contributed by atoms with E-state index in [1.165, 1.54) is 4.31 Å². The third-order valence-electron chi connectivity index (χ3n) is 4.53. The van der Waals surface area contributed by atoms with Crippen LogP contribution >= 0.6 is 0 Å². The number of sulfonamides is 1. The van der Waals surface area contributed by atoms with Gasteiger partial charge in [0.2, 0.25) is 5.91 Å². The lowest BCUT2D eigenvalue weighted by Crippen LogP contribution is -2.35. The summed E-state index contributed by atoms with van der Waals surface area (Å²) >= 11 is 0. The van der Waals surface area contributed by atoms with E-state index < -0.39 is 10.0 Å². The van der Waals surface area contributed by atoms with Crippen molar-refractivity contribution in [2.75, 3.05) is 16.2 Å². The van der Waals surface area contributed by atoms with Crippen molar-refractivity contribution < 1.29 is 13.2 Å². The molecular weight excluding hydrogens is 348 g/mol. The topological polar surface area (TPSA) is 66.5 Å². The van der Waals surface area contributed by atoms with Gasteiger partial charge in [-0.2, -0.15) is 0 Å². The van der Waals surface area contributed by atoms with Crippen molar-refractivity contribution in [1.29, 1.82) is 0 Å². The SMILES string of the molecule is CCCC(=O)Nc1ccc2c(c1)CCCN2S(=O)(=O)c1ccc(C)cc1. The monoisotopic (exact) mass is 372 g/mol. The molecule has 6 heteroatoms. The Kier molecular flexibility index (Phi) is 5.32. The van der Waals surface area contributed by atoms with E-state index in [1.807, 2.05) is 32.0 Å². The first-order valence-electron chi connectivity index (χ1n) is 8.94. The first kappa shape index (κ1) is 18.5. The minimum Gasteiger partial charge on any atom is -0.326 e. The van der Waals surface area contributed by atoms with E-state index >= 15 is 0 Å². The first-order valence-corrected chi connectivity index (χ1v) is 10.4. The van der Waals surface area contributed by atoms with Crippen molar-refractivity contribution in [2.24, 2.45) is 0 Å². The Hall–Kier alpha value is -2.34. The summed E-state index contributed by atoms with van der Waals surface area (Å²) in [5.41, 5.74) is 3.39. The van der Waals surface area contributed by atoms with Gasteiger partial charge in [0.05, 0.1) is 10.6 Å². The molecule has 2 aromatic rings. The Labute approximate surface area is 155 Å². The number of aryl methyl sites for hydroxylation is 2. The summed E-state index contributed by atoms with van der Waals surface area (Å²) in [7, 11) is -3.59. The number of amides is 1. The van der Waals surface area contributed by atoms with E-state index in [-0.39, 0.29) is 5.91 Å². The zero-order chi connectivity index (χ0) is 18.7. The van der Waals surface area contributed by atoms with Gasteiger partial charge in [-0.3, -0.25) is 9.10 Å². The number of carbonyl (C=O) groups excluding carboxylic acids is 1. The van der Waals surface area contributed by atoms with Gasteiger partial charge in [-0.15, -0.1) is 0 Å². The molecule has 1 amide bonds. The van der Waals surface area contributed by atoms with Crippen molar-refractivity contribution >= 4 is 27.3 Å². The number of benzene rings is 2. The van der Waals surface area contributed by atoms with Crippen LogP contribution in [0.3, 0.4) is 0 Å². The number of hydrogen-bond donors (Lipinski definition) is 1. The Morgan fingerprint density at radius 2 is 1.88 bits per heavy atom. The summed E-state index contributed by atoms with van der Waals surface area (Å²) in [4.78, 5) is 12.1. The molecule has 0 spiro atoms. The number of rotatable bonds is 5. The number of hydrogen-bond acceptors (Lipinski definition) is 3. The second-order valence-corrected chi connectivity index (χ2v) is 8.50. The van der Waals surface area contributed by atoms with Gasteiger partial charge in [0.15, 0.2) is 0 Å². The lowest BCUT2D eigenvalue weighted by molar-refractivity contribution is -0.116. The zero-order valence-electron chi connectivity index (χ0n) is 15.2. The molecule has 0 radical (unpaired) electrons. The van der Waals surface area contributed by atoms with Gasteiger partial charge >= 0.3 is 0 Å². The Morgan fingerprint density at radius 1 is 1.15 bits per heavy atom. The highest BCUT2D eigenvalue weighted by Crippen LogP contribution is 2.33. The normalized spacial score (nSPS) is 14.0. The molecule has 0 aliphatic carbocycles. The summed E-state index contributed by atoms with van der Waals surface area (Å²) < 4.78 is 27.6. The molecule has 0 aromatic heterocycles. The van der Waals surface area contributed by atoms with E-state index in [9.17, 15) is 13.2 Å². The van der Waals surface area contributed by atoms with Crippen molar-refractivity contribution in [3.05, 3.63) is 53.6 Å². The third kappa shape index (κ3) is 3.75. The van der Waals surface area contributed by atoms with Crippen LogP contribution in [0, 0.1) is 6.92 Å². The van der Waals surface area contributed by atoms with Crippen molar-refractivity contribution in [3.8, 4) is 0 Å². The standard InChI is InChI=1S/C20H24N2O3S/c1-3-5-20(23)21-17-9-12-19-16(14-17)6-4-13-22(19)26(24,25)18-10-7-15(2)8-11-18/h7-12,14H,3-6,13H2,1-2H3,(H,21,23). The molecule has 0 saturated carbocycles. The highest BCUT2D eigenvalue weighted by molar-refractivity contribution is 7.92. The molecule has 26 heavy (non-hydrogen) atoms. The molecule has 1 N–H and O–H groups in total. The van der Waals surface area contributed by atoms with Crippen LogP contribution in [0.25, 0.3) is 0 Å². The Balaban J connectivity index is 1.91. The van der Waals surface area contributed by atoms with Crippen LogP contribution < -0.4 is 9.62 Å². The fourth-order valence-electron chi connectivity index (χ4n) is 3.18. The second-order valence-electron chi connectivity index (χ2n) is 6.64. The van der Waals surface area contributed by atoms with Gasteiger partial charge in [-0.05, 0) is 62.1 Å². The van der Waals surface area contributed by atoms with Gasteiger partial charge in [-0.1, -0.05) is 24.6 Å². The number of nitrogens with zero attached hydrogens (tertiary/aromatic N) is 1. The maximum absolute atomic E-state index is 13.1. The quantitative estimate of drug-likeness (QED) is 0.866. The maximum Gasteiger partial charge on any atom is 0.264 e. The van der Waals surface area contributed by atoms with Gasteiger partial charge in [-0.25, -0.2) is 8.42 Å².